The van der Waals surface area contributed by atoms with E-state index in [4.69, 9.17) is 13.9 Å². The fourth-order valence-corrected chi connectivity index (χ4v) is 2.89. The van der Waals surface area contributed by atoms with Crippen molar-refractivity contribution >= 4 is 28.3 Å². The second kappa shape index (κ2) is 8.01. The Balaban J connectivity index is 1.78. The molecule has 0 unspecified atom stereocenters. The summed E-state index contributed by atoms with van der Waals surface area (Å²) in [5, 5.41) is 14.3. The number of carbonyl (C=O) groups excluding carboxylic acids is 1. The molecule has 0 atom stereocenters. The summed E-state index contributed by atoms with van der Waals surface area (Å²) in [5.41, 5.74) is 1.27. The van der Waals surface area contributed by atoms with Gasteiger partial charge in [-0.3, -0.25) is 14.9 Å². The zero-order chi connectivity index (χ0) is 21.1. The van der Waals surface area contributed by atoms with Gasteiger partial charge in [0, 0.05) is 29.1 Å². The normalized spacial score (nSPS) is 10.6. The van der Waals surface area contributed by atoms with Gasteiger partial charge < -0.3 is 19.2 Å². The van der Waals surface area contributed by atoms with E-state index in [1.807, 2.05) is 0 Å². The number of benzene rings is 2. The largest absolute Gasteiger partial charge is 0.495 e. The van der Waals surface area contributed by atoms with E-state index in [1.54, 1.807) is 26.0 Å². The number of fused-ring (bicyclic) bond motifs is 1. The van der Waals surface area contributed by atoms with Crippen molar-refractivity contribution in [2.24, 2.45) is 0 Å². The second-order valence-electron chi connectivity index (χ2n) is 6.29. The van der Waals surface area contributed by atoms with Crippen LogP contribution in [0.4, 0.5) is 11.4 Å². The highest BCUT2D eigenvalue weighted by atomic mass is 16.6. The van der Waals surface area contributed by atoms with E-state index < -0.39 is 16.5 Å². The van der Waals surface area contributed by atoms with Crippen molar-refractivity contribution < 1.29 is 23.6 Å². The molecule has 9 nitrogen and oxygen atoms in total. The molecule has 150 valence electrons. The van der Waals surface area contributed by atoms with Crippen molar-refractivity contribution in [2.45, 2.75) is 13.8 Å². The molecule has 0 saturated heterocycles. The molecule has 0 radical (unpaired) electrons. The zero-order valence-electron chi connectivity index (χ0n) is 16.0. The molecule has 0 aliphatic heterocycles. The Labute approximate surface area is 165 Å². The molecule has 2 aromatic carbocycles. The molecule has 1 amide bonds. The lowest BCUT2D eigenvalue weighted by molar-refractivity contribution is -0.384. The van der Waals surface area contributed by atoms with Gasteiger partial charge in [-0.05, 0) is 37.6 Å². The van der Waals surface area contributed by atoms with Crippen LogP contribution in [0.1, 0.15) is 11.1 Å². The van der Waals surface area contributed by atoms with Gasteiger partial charge >= 0.3 is 5.63 Å². The van der Waals surface area contributed by atoms with Crippen LogP contribution in [0.2, 0.25) is 0 Å². The van der Waals surface area contributed by atoms with Crippen LogP contribution in [0, 0.1) is 24.0 Å². The number of non-ortho nitro benzene ring substituents is 1. The van der Waals surface area contributed by atoms with E-state index in [2.05, 4.69) is 5.32 Å². The van der Waals surface area contributed by atoms with E-state index in [0.29, 0.717) is 16.9 Å². The Hall–Kier alpha value is -3.88. The molecule has 0 spiro atoms. The number of hydrogen-bond acceptors (Lipinski definition) is 7. The number of carbonyl (C=O) groups is 1. The summed E-state index contributed by atoms with van der Waals surface area (Å²) >= 11 is 0. The lowest BCUT2D eigenvalue weighted by Crippen LogP contribution is -2.21. The minimum Gasteiger partial charge on any atom is -0.495 e. The molecule has 0 saturated carbocycles. The zero-order valence-corrected chi connectivity index (χ0v) is 16.0. The summed E-state index contributed by atoms with van der Waals surface area (Å²) in [6.07, 6.45) is 0. The first-order valence-electron chi connectivity index (χ1n) is 8.59. The number of ether oxygens (including phenoxy) is 2. The van der Waals surface area contributed by atoms with E-state index in [9.17, 15) is 19.7 Å². The van der Waals surface area contributed by atoms with Crippen LogP contribution in [-0.2, 0) is 4.79 Å². The maximum atomic E-state index is 12.3. The number of aryl methyl sites for hydroxylation is 2. The molecule has 1 N–H and O–H groups in total. The molecule has 9 heteroatoms. The van der Waals surface area contributed by atoms with Gasteiger partial charge in [0.1, 0.15) is 17.1 Å². The molecular weight excluding hydrogens is 380 g/mol. The van der Waals surface area contributed by atoms with Gasteiger partial charge in [0.05, 0.1) is 17.7 Å². The molecule has 3 rings (SSSR count). The van der Waals surface area contributed by atoms with Crippen LogP contribution in [-0.4, -0.2) is 24.5 Å². The molecule has 1 heterocycles. The maximum Gasteiger partial charge on any atom is 0.336 e. The quantitative estimate of drug-likeness (QED) is 0.384. The Morgan fingerprint density at radius 2 is 1.90 bits per heavy atom. The summed E-state index contributed by atoms with van der Waals surface area (Å²) in [7, 11) is 1.39. The van der Waals surface area contributed by atoms with Gasteiger partial charge in [0.15, 0.2) is 6.61 Å². The van der Waals surface area contributed by atoms with Gasteiger partial charge in [-0.1, -0.05) is 0 Å². The van der Waals surface area contributed by atoms with Crippen molar-refractivity contribution in [3.05, 3.63) is 68.1 Å². The molecule has 3 aromatic rings. The van der Waals surface area contributed by atoms with E-state index in [0.717, 1.165) is 10.9 Å². The third kappa shape index (κ3) is 4.18. The lowest BCUT2D eigenvalue weighted by Gasteiger charge is -2.13. The minimum atomic E-state index is -0.570. The van der Waals surface area contributed by atoms with Gasteiger partial charge in [-0.2, -0.15) is 0 Å². The van der Waals surface area contributed by atoms with Crippen molar-refractivity contribution in [3.8, 4) is 11.5 Å². The summed E-state index contributed by atoms with van der Waals surface area (Å²) in [5.74, 6) is 0.129. The van der Waals surface area contributed by atoms with Crippen LogP contribution >= 0.6 is 0 Å². The fraction of sp³-hybridized carbons (Fsp3) is 0.200. The number of nitrogens with zero attached hydrogens (tertiary/aromatic N) is 1. The Kier molecular flexibility index (Phi) is 5.49. The number of rotatable bonds is 6. The number of nitro benzene ring substituents is 1. The number of nitro groups is 1. The number of nitrogens with one attached hydrogen (secondary N) is 1. The Morgan fingerprint density at radius 3 is 2.59 bits per heavy atom. The van der Waals surface area contributed by atoms with Crippen LogP contribution in [0.3, 0.4) is 0 Å². The third-order valence-electron chi connectivity index (χ3n) is 4.34. The molecule has 0 aliphatic carbocycles. The monoisotopic (exact) mass is 398 g/mol. The van der Waals surface area contributed by atoms with Crippen LogP contribution in [0.25, 0.3) is 11.0 Å². The summed E-state index contributed by atoms with van der Waals surface area (Å²) in [4.78, 5) is 34.3. The highest BCUT2D eigenvalue weighted by Gasteiger charge is 2.15. The third-order valence-corrected chi connectivity index (χ3v) is 4.34. The standard InChI is InChI=1S/C20H18N2O7/c1-11-8-19(24)29-20-12(2)16(7-5-14(11)20)28-10-18(23)21-15-9-13(22(25)26)4-6-17(15)27-3/h4-9H,10H2,1-3H3,(H,21,23). The highest BCUT2D eigenvalue weighted by Crippen LogP contribution is 2.30. The van der Waals surface area contributed by atoms with Crippen molar-refractivity contribution in [3.63, 3.8) is 0 Å². The van der Waals surface area contributed by atoms with Gasteiger partial charge in [-0.25, -0.2) is 4.79 Å². The molecule has 0 aliphatic rings. The molecule has 0 fully saturated rings. The predicted molar refractivity (Wildman–Crippen MR) is 106 cm³/mol. The van der Waals surface area contributed by atoms with E-state index >= 15 is 0 Å². The van der Waals surface area contributed by atoms with Gasteiger partial charge in [0.25, 0.3) is 11.6 Å². The minimum absolute atomic E-state index is 0.159. The second-order valence-corrected chi connectivity index (χ2v) is 6.29. The Morgan fingerprint density at radius 1 is 1.17 bits per heavy atom. The number of anilines is 1. The smallest absolute Gasteiger partial charge is 0.336 e. The number of methoxy groups -OCH3 is 1. The lowest BCUT2D eigenvalue weighted by atomic mass is 10.1. The first kappa shape index (κ1) is 19.9. The molecular formula is C20H18N2O7. The SMILES string of the molecule is COc1ccc([N+](=O)[O-])cc1NC(=O)COc1ccc2c(C)cc(=O)oc2c1C. The van der Waals surface area contributed by atoms with Crippen molar-refractivity contribution in [1.82, 2.24) is 0 Å². The number of amides is 1. The topological polar surface area (TPSA) is 121 Å². The van der Waals surface area contributed by atoms with Crippen LogP contribution in [0.5, 0.6) is 11.5 Å². The average molecular weight is 398 g/mol. The highest BCUT2D eigenvalue weighted by molar-refractivity contribution is 5.94. The van der Waals surface area contributed by atoms with E-state index in [1.165, 1.54) is 31.4 Å². The Bertz CT molecular complexity index is 1170. The number of hydrogen-bond donors (Lipinski definition) is 1. The van der Waals surface area contributed by atoms with Gasteiger partial charge in [-0.15, -0.1) is 0 Å². The predicted octanol–water partition coefficient (Wildman–Crippen LogP) is 3.34. The maximum absolute atomic E-state index is 12.3. The first-order valence-corrected chi connectivity index (χ1v) is 8.59. The van der Waals surface area contributed by atoms with Gasteiger partial charge in [0.2, 0.25) is 0 Å². The molecule has 29 heavy (non-hydrogen) atoms. The summed E-state index contributed by atoms with van der Waals surface area (Å²) in [6, 6.07) is 8.71. The average Bonchev–Trinajstić information content (AvgIpc) is 2.67. The van der Waals surface area contributed by atoms with Crippen LogP contribution < -0.4 is 20.4 Å². The molecule has 1 aromatic heterocycles. The summed E-state index contributed by atoms with van der Waals surface area (Å²) in [6.45, 7) is 3.18. The van der Waals surface area contributed by atoms with E-state index in [-0.39, 0.29) is 23.7 Å². The van der Waals surface area contributed by atoms with Crippen molar-refractivity contribution in [1.29, 1.82) is 0 Å². The van der Waals surface area contributed by atoms with Crippen molar-refractivity contribution in [2.75, 3.05) is 19.0 Å². The first-order chi connectivity index (χ1) is 13.8. The summed E-state index contributed by atoms with van der Waals surface area (Å²) < 4.78 is 15.9. The van der Waals surface area contributed by atoms with Crippen LogP contribution in [0.15, 0.2) is 45.6 Å². The molecule has 0 bridgehead atoms. The fourth-order valence-electron chi connectivity index (χ4n) is 2.89.